The Labute approximate surface area is 367 Å². The first-order valence-corrected chi connectivity index (χ1v) is 19.6. The molecule has 65 heavy (non-hydrogen) atoms. The molecule has 0 radical (unpaired) electrons. The van der Waals surface area contributed by atoms with E-state index >= 15 is 0 Å². The number of hydrogen-bond donors (Lipinski definition) is 9. The fourth-order valence-electron chi connectivity index (χ4n) is 6.15. The summed E-state index contributed by atoms with van der Waals surface area (Å²) in [7, 11) is 0. The van der Waals surface area contributed by atoms with Crippen molar-refractivity contribution < 1.29 is 39.0 Å². The van der Waals surface area contributed by atoms with Crippen LogP contribution in [0.3, 0.4) is 0 Å². The molecule has 3 aromatic heterocycles. The molecule has 22 heteroatoms. The predicted octanol–water partition coefficient (Wildman–Crippen LogP) is 1.38. The number of rotatable bonds is 19. The minimum atomic E-state index is -1.21. The van der Waals surface area contributed by atoms with Gasteiger partial charge in [0.25, 0.3) is 22.9 Å². The third kappa shape index (κ3) is 13.0. The number of nitrogens with zero attached hydrogens (tertiary/aromatic N) is 5. The van der Waals surface area contributed by atoms with Crippen LogP contribution in [0.5, 0.6) is 0 Å². The second kappa shape index (κ2) is 22.2. The largest absolute Gasteiger partial charge is 0.480 e. The molecule has 11 N–H and O–H groups in total. The predicted molar refractivity (Wildman–Crippen MR) is 238 cm³/mol. The molecule has 2 atom stereocenters. The summed E-state index contributed by atoms with van der Waals surface area (Å²) in [5, 5.41) is 26.6. The summed E-state index contributed by atoms with van der Waals surface area (Å²) in [6.45, 7) is 0.917. The van der Waals surface area contributed by atoms with Gasteiger partial charge >= 0.3 is 11.9 Å². The van der Waals surface area contributed by atoms with Crippen molar-refractivity contribution in [2.75, 3.05) is 28.2 Å². The van der Waals surface area contributed by atoms with Gasteiger partial charge in [0.05, 0.1) is 35.9 Å². The van der Waals surface area contributed by atoms with Gasteiger partial charge in [-0.2, -0.15) is 4.98 Å². The van der Waals surface area contributed by atoms with E-state index in [2.05, 4.69) is 51.8 Å². The zero-order chi connectivity index (χ0) is 47.0. The molecule has 0 aliphatic rings. The number of anilines is 4. The monoisotopic (exact) mass is 886 g/mol. The highest BCUT2D eigenvalue weighted by molar-refractivity contribution is 5.97. The highest BCUT2D eigenvalue weighted by Crippen LogP contribution is 2.20. The first kappa shape index (κ1) is 47.1. The van der Waals surface area contributed by atoms with Gasteiger partial charge in [-0.15, -0.1) is 6.42 Å². The van der Waals surface area contributed by atoms with Crippen molar-refractivity contribution in [2.45, 2.75) is 50.9 Å². The zero-order valence-electron chi connectivity index (χ0n) is 34.3. The summed E-state index contributed by atoms with van der Waals surface area (Å²) in [6, 6.07) is 15.8. The zero-order valence-corrected chi connectivity index (χ0v) is 34.3. The molecular formula is C43H42N12O10. The number of fused-ring (bicyclic) bond motifs is 2. The Morgan fingerprint density at radius 3 is 1.92 bits per heavy atom. The maximum Gasteiger partial charge on any atom is 0.326 e. The van der Waals surface area contributed by atoms with Crippen LogP contribution < -0.4 is 43.4 Å². The number of carboxylic acid groups (broad SMARTS) is 2. The normalized spacial score (nSPS) is 11.5. The summed E-state index contributed by atoms with van der Waals surface area (Å²) in [5.74, 6) is -0.940. The molecule has 334 valence electrons. The minimum Gasteiger partial charge on any atom is -0.480 e. The van der Waals surface area contributed by atoms with Crippen LogP contribution in [0.25, 0.3) is 22.1 Å². The van der Waals surface area contributed by atoms with Gasteiger partial charge in [0.2, 0.25) is 11.9 Å². The van der Waals surface area contributed by atoms with Crippen LogP contribution in [0.1, 0.15) is 57.7 Å². The number of terminal acetylenes is 1. The van der Waals surface area contributed by atoms with Crippen molar-refractivity contribution in [3.8, 4) is 12.3 Å². The molecule has 0 spiro atoms. The number of aromatic amines is 2. The van der Waals surface area contributed by atoms with Crippen molar-refractivity contribution in [3.63, 3.8) is 0 Å². The van der Waals surface area contributed by atoms with Gasteiger partial charge in [-0.25, -0.2) is 24.5 Å². The molecule has 0 saturated carbocycles. The molecule has 0 aliphatic carbocycles. The van der Waals surface area contributed by atoms with E-state index < -0.39 is 41.4 Å². The Balaban J connectivity index is 0.000000245. The van der Waals surface area contributed by atoms with E-state index in [9.17, 15) is 43.5 Å². The first-order chi connectivity index (χ1) is 31.2. The molecule has 22 nitrogen and oxygen atoms in total. The molecule has 3 heterocycles. The van der Waals surface area contributed by atoms with E-state index in [4.69, 9.17) is 23.0 Å². The van der Waals surface area contributed by atoms with Crippen LogP contribution in [-0.4, -0.2) is 95.1 Å². The number of carbonyl (C=O) groups is 6. The van der Waals surface area contributed by atoms with Crippen molar-refractivity contribution in [3.05, 3.63) is 116 Å². The van der Waals surface area contributed by atoms with Gasteiger partial charge in [-0.05, 0) is 79.1 Å². The van der Waals surface area contributed by atoms with Gasteiger partial charge in [0, 0.05) is 41.9 Å². The molecule has 2 amide bonds. The number of hydrogen-bond acceptors (Lipinski definition) is 16. The number of benzene rings is 3. The highest BCUT2D eigenvalue weighted by atomic mass is 16.4. The molecular weight excluding hydrogens is 845 g/mol. The second-order valence-corrected chi connectivity index (χ2v) is 14.0. The highest BCUT2D eigenvalue weighted by Gasteiger charge is 2.22. The summed E-state index contributed by atoms with van der Waals surface area (Å²) in [5.41, 5.74) is 14.2. The van der Waals surface area contributed by atoms with Crippen molar-refractivity contribution >= 4 is 81.7 Å². The van der Waals surface area contributed by atoms with Crippen LogP contribution in [-0.2, 0) is 32.3 Å². The van der Waals surface area contributed by atoms with E-state index in [0.29, 0.717) is 41.4 Å². The lowest BCUT2D eigenvalue weighted by Crippen LogP contribution is -2.40. The number of amides is 2. The fourth-order valence-corrected chi connectivity index (χ4v) is 6.15. The first-order valence-electron chi connectivity index (χ1n) is 19.6. The van der Waals surface area contributed by atoms with Crippen LogP contribution in [0.4, 0.5) is 23.3 Å². The Bertz CT molecular complexity index is 2880. The van der Waals surface area contributed by atoms with Gasteiger partial charge in [0.15, 0.2) is 11.2 Å². The number of nitrogens with one attached hydrogen (secondary N) is 5. The number of aliphatic carboxylic acids is 2. The fraction of sp³-hybridized carbons (Fsp3) is 0.209. The van der Waals surface area contributed by atoms with Crippen LogP contribution in [0.2, 0.25) is 0 Å². The maximum absolute atomic E-state index is 12.4. The van der Waals surface area contributed by atoms with Crippen molar-refractivity contribution in [2.24, 2.45) is 0 Å². The van der Waals surface area contributed by atoms with Crippen molar-refractivity contribution in [1.82, 2.24) is 40.5 Å². The average molecular weight is 887 g/mol. The summed E-state index contributed by atoms with van der Waals surface area (Å²) >= 11 is 0. The number of aromatic nitrogens is 6. The third-order valence-corrected chi connectivity index (χ3v) is 9.40. The molecule has 0 bridgehead atoms. The van der Waals surface area contributed by atoms with E-state index in [0.717, 1.165) is 11.3 Å². The number of nitrogen functional groups attached to an aromatic ring is 2. The van der Waals surface area contributed by atoms with Gasteiger partial charge in [0.1, 0.15) is 24.7 Å². The number of nitrogens with two attached hydrogens (primary N) is 2. The lowest BCUT2D eigenvalue weighted by Gasteiger charge is -2.23. The standard InChI is InChI=1S/C24H23N5O5.C19H19N7O5/c1-2-11-29(14-15-5-10-19-18(13-15)22(32)28-24(25)27-19)17-8-6-16(7-9-17)21(31)26-20(23(33)34)4-3-12-30;20-19-25-15-14(17(29)26-19)23-12(9-22-15)8-21-11-5-3-10(4-6-11)16(28)24-13(18(30)31)2-1-7-27/h1,5-10,12-13,20H,3-4,11,14H2,(H,26,31)(H,33,34)(H3,25,27,28,32);3-7,9,13,21H,1-2,8H2,(H,24,28)(H,30,31)(H3,20,22,25,26,29)/t20-;13-/m00/s1. The van der Waals surface area contributed by atoms with E-state index in [-0.39, 0.29) is 78.5 Å². The second-order valence-electron chi connectivity index (χ2n) is 14.0. The Hall–Kier alpha value is -9.00. The minimum absolute atomic E-state index is 0.00924. The van der Waals surface area contributed by atoms with Crippen LogP contribution >= 0.6 is 0 Å². The summed E-state index contributed by atoms with van der Waals surface area (Å²) < 4.78 is 0. The average Bonchev–Trinajstić information content (AvgIpc) is 3.28. The topological polar surface area (TPSA) is 352 Å². The third-order valence-electron chi connectivity index (χ3n) is 9.40. The number of H-pyrrole nitrogens is 2. The molecule has 0 fully saturated rings. The van der Waals surface area contributed by atoms with Gasteiger partial charge < -0.3 is 52.1 Å². The molecule has 6 aromatic rings. The summed E-state index contributed by atoms with van der Waals surface area (Å²) in [4.78, 5) is 115. The lowest BCUT2D eigenvalue weighted by atomic mass is 10.1. The van der Waals surface area contributed by atoms with Crippen LogP contribution in [0.15, 0.2) is 82.5 Å². The number of carboxylic acids is 2. The maximum atomic E-state index is 12.4. The molecule has 0 saturated heterocycles. The Morgan fingerprint density at radius 1 is 0.785 bits per heavy atom. The number of aldehydes is 2. The van der Waals surface area contributed by atoms with Crippen LogP contribution in [0, 0.1) is 12.3 Å². The number of carbonyl (C=O) groups excluding carboxylic acids is 4. The lowest BCUT2D eigenvalue weighted by molar-refractivity contribution is -0.140. The molecule has 6 rings (SSSR count). The SMILES string of the molecule is C#CCN(Cc1ccc2nc(N)[nH]c(=O)c2c1)c1ccc(C(=O)N[C@@H](CCC=O)C(=O)O)cc1.Nc1nc2ncc(CNc3ccc(C(=O)N[C@@H](CCC=O)C(=O)O)cc3)nc2c(=O)[nH]1. The molecule has 0 aliphatic heterocycles. The van der Waals surface area contributed by atoms with E-state index in [1.165, 1.54) is 18.3 Å². The smallest absolute Gasteiger partial charge is 0.326 e. The quantitative estimate of drug-likeness (QED) is 0.0410. The van der Waals surface area contributed by atoms with Gasteiger partial charge in [-0.3, -0.25) is 29.1 Å². The Kier molecular flexibility index (Phi) is 16.1. The summed E-state index contributed by atoms with van der Waals surface area (Å²) in [6.07, 6.45) is 8.30. The Morgan fingerprint density at radius 2 is 1.35 bits per heavy atom. The van der Waals surface area contributed by atoms with E-state index in [1.54, 1.807) is 48.5 Å². The van der Waals surface area contributed by atoms with Gasteiger partial charge in [-0.1, -0.05) is 12.0 Å². The molecule has 3 aromatic carbocycles. The van der Waals surface area contributed by atoms with E-state index in [1.807, 2.05) is 11.0 Å². The molecule has 0 unspecified atom stereocenters. The van der Waals surface area contributed by atoms with Crippen molar-refractivity contribution in [1.29, 1.82) is 0 Å².